The average molecular weight is 272 g/mol. The Kier molecular flexibility index (Phi) is 4.06. The maximum Gasteiger partial charge on any atom is 0.139 e. The van der Waals surface area contributed by atoms with Gasteiger partial charge in [0.25, 0.3) is 0 Å². The summed E-state index contributed by atoms with van der Waals surface area (Å²) in [6, 6.07) is 5.86. The molecule has 0 aliphatic carbocycles. The van der Waals surface area contributed by atoms with Crippen molar-refractivity contribution in [3.05, 3.63) is 53.5 Å². The third kappa shape index (κ3) is 3.06. The van der Waals surface area contributed by atoms with E-state index in [0.29, 0.717) is 11.5 Å². The van der Waals surface area contributed by atoms with E-state index in [1.807, 2.05) is 43.3 Å². The van der Waals surface area contributed by atoms with Crippen molar-refractivity contribution in [2.45, 2.75) is 13.5 Å². The predicted molar refractivity (Wildman–Crippen MR) is 81.2 cm³/mol. The molecule has 19 heavy (non-hydrogen) atoms. The van der Waals surface area contributed by atoms with Crippen LogP contribution >= 0.6 is 12.2 Å². The van der Waals surface area contributed by atoms with Crippen LogP contribution in [-0.4, -0.2) is 22.0 Å². The van der Waals surface area contributed by atoms with Gasteiger partial charge in [0.1, 0.15) is 10.8 Å². The molecule has 4 nitrogen and oxygen atoms in total. The number of aryl methyl sites for hydroxylation is 1. The molecule has 0 atom stereocenters. The van der Waals surface area contributed by atoms with E-state index in [9.17, 15) is 0 Å². The van der Waals surface area contributed by atoms with E-state index in [0.717, 1.165) is 22.5 Å². The molecule has 0 amide bonds. The first-order valence-electron chi connectivity index (χ1n) is 5.95. The molecular weight excluding hydrogens is 256 g/mol. The van der Waals surface area contributed by atoms with Gasteiger partial charge in [-0.3, -0.25) is 4.98 Å². The van der Waals surface area contributed by atoms with E-state index >= 15 is 0 Å². The van der Waals surface area contributed by atoms with E-state index in [4.69, 9.17) is 18.0 Å². The van der Waals surface area contributed by atoms with Crippen LogP contribution < -0.4 is 10.6 Å². The van der Waals surface area contributed by atoms with Gasteiger partial charge in [-0.15, -0.1) is 0 Å². The van der Waals surface area contributed by atoms with Gasteiger partial charge in [-0.25, -0.2) is 4.98 Å². The molecule has 0 spiro atoms. The lowest BCUT2D eigenvalue weighted by atomic mass is 10.1. The maximum atomic E-state index is 5.80. The van der Waals surface area contributed by atoms with Gasteiger partial charge < -0.3 is 10.6 Å². The highest BCUT2D eigenvalue weighted by Crippen LogP contribution is 2.21. The van der Waals surface area contributed by atoms with Crippen LogP contribution in [0.5, 0.6) is 0 Å². The minimum absolute atomic E-state index is 0.374. The lowest BCUT2D eigenvalue weighted by molar-refractivity contribution is 0.888. The van der Waals surface area contributed by atoms with Crippen LogP contribution in [0.1, 0.15) is 16.7 Å². The third-order valence-corrected chi connectivity index (χ3v) is 3.09. The maximum absolute atomic E-state index is 5.80. The van der Waals surface area contributed by atoms with Gasteiger partial charge in [0, 0.05) is 32.2 Å². The molecule has 2 aromatic heterocycles. The van der Waals surface area contributed by atoms with Crippen molar-refractivity contribution in [2.75, 3.05) is 11.9 Å². The van der Waals surface area contributed by atoms with Gasteiger partial charge in [-0.1, -0.05) is 18.3 Å². The fraction of sp³-hybridized carbons (Fsp3) is 0.214. The fourth-order valence-corrected chi connectivity index (χ4v) is 2.23. The SMILES string of the molecule is Cc1ccnc(N(C)Cc2cccnc2)c1C(N)=S. The molecule has 0 saturated heterocycles. The Morgan fingerprint density at radius 2 is 2.16 bits per heavy atom. The van der Waals surface area contributed by atoms with Gasteiger partial charge in [-0.2, -0.15) is 0 Å². The standard InChI is InChI=1S/C14H16N4S/c1-10-5-7-17-14(12(10)13(15)19)18(2)9-11-4-3-6-16-8-11/h3-8H,9H2,1-2H3,(H2,15,19). The van der Waals surface area contributed by atoms with Crippen molar-refractivity contribution >= 4 is 23.0 Å². The van der Waals surface area contributed by atoms with E-state index in [-0.39, 0.29) is 0 Å². The van der Waals surface area contributed by atoms with Crippen molar-refractivity contribution < 1.29 is 0 Å². The Morgan fingerprint density at radius 3 is 2.79 bits per heavy atom. The molecule has 0 saturated carbocycles. The summed E-state index contributed by atoms with van der Waals surface area (Å²) in [6.07, 6.45) is 5.37. The second kappa shape index (κ2) is 5.75. The lowest BCUT2D eigenvalue weighted by Gasteiger charge is -2.21. The first-order chi connectivity index (χ1) is 9.09. The molecule has 0 radical (unpaired) electrons. The first kappa shape index (κ1) is 13.4. The highest BCUT2D eigenvalue weighted by molar-refractivity contribution is 7.80. The van der Waals surface area contributed by atoms with Crippen LogP contribution in [0.4, 0.5) is 5.82 Å². The summed E-state index contributed by atoms with van der Waals surface area (Å²) < 4.78 is 0. The van der Waals surface area contributed by atoms with Gasteiger partial charge in [0.05, 0.1) is 5.56 Å². The average Bonchev–Trinajstić information content (AvgIpc) is 2.39. The molecule has 0 aliphatic rings. The number of nitrogens with zero attached hydrogens (tertiary/aromatic N) is 3. The van der Waals surface area contributed by atoms with Crippen molar-refractivity contribution in [3.63, 3.8) is 0 Å². The van der Waals surface area contributed by atoms with Crippen LogP contribution in [0, 0.1) is 6.92 Å². The van der Waals surface area contributed by atoms with Gasteiger partial charge in [-0.05, 0) is 30.2 Å². The van der Waals surface area contributed by atoms with Gasteiger partial charge in [0.2, 0.25) is 0 Å². The molecule has 0 aliphatic heterocycles. The van der Waals surface area contributed by atoms with E-state index < -0.39 is 0 Å². The second-order valence-corrected chi connectivity index (χ2v) is 4.85. The summed E-state index contributed by atoms with van der Waals surface area (Å²) in [5, 5.41) is 0. The molecule has 0 fully saturated rings. The van der Waals surface area contributed by atoms with Gasteiger partial charge in [0.15, 0.2) is 0 Å². The fourth-order valence-electron chi connectivity index (χ4n) is 1.98. The Hall–Kier alpha value is -2.01. The molecule has 0 aromatic carbocycles. The summed E-state index contributed by atoms with van der Waals surface area (Å²) in [5.41, 5.74) is 8.79. The van der Waals surface area contributed by atoms with E-state index in [1.54, 1.807) is 12.4 Å². The molecule has 0 bridgehead atoms. The summed E-state index contributed by atoms with van der Waals surface area (Å²) in [4.78, 5) is 10.9. The Labute approximate surface area is 118 Å². The van der Waals surface area contributed by atoms with Crippen molar-refractivity contribution in [2.24, 2.45) is 5.73 Å². The van der Waals surface area contributed by atoms with Crippen LogP contribution in [-0.2, 0) is 6.54 Å². The number of anilines is 1. The quantitative estimate of drug-likeness (QED) is 0.863. The molecule has 5 heteroatoms. The zero-order chi connectivity index (χ0) is 13.8. The summed E-state index contributed by atoms with van der Waals surface area (Å²) >= 11 is 5.12. The normalized spacial score (nSPS) is 10.2. The van der Waals surface area contributed by atoms with Crippen LogP contribution in [0.2, 0.25) is 0 Å². The molecule has 2 aromatic rings. The number of nitrogens with two attached hydrogens (primary N) is 1. The minimum atomic E-state index is 0.374. The molecule has 2 heterocycles. The van der Waals surface area contributed by atoms with E-state index in [1.165, 1.54) is 0 Å². The molecular formula is C14H16N4S. The van der Waals surface area contributed by atoms with E-state index in [2.05, 4.69) is 9.97 Å². The predicted octanol–water partition coefficient (Wildman–Crippen LogP) is 2.06. The van der Waals surface area contributed by atoms with Crippen molar-refractivity contribution in [1.82, 2.24) is 9.97 Å². The number of hydrogen-bond acceptors (Lipinski definition) is 4. The Bertz CT molecular complexity index is 583. The number of aromatic nitrogens is 2. The second-order valence-electron chi connectivity index (χ2n) is 4.41. The first-order valence-corrected chi connectivity index (χ1v) is 6.36. The monoisotopic (exact) mass is 272 g/mol. The Balaban J connectivity index is 2.31. The minimum Gasteiger partial charge on any atom is -0.389 e. The topological polar surface area (TPSA) is 55.0 Å². The van der Waals surface area contributed by atoms with Crippen molar-refractivity contribution in [1.29, 1.82) is 0 Å². The van der Waals surface area contributed by atoms with Crippen LogP contribution in [0.3, 0.4) is 0 Å². The smallest absolute Gasteiger partial charge is 0.139 e. The third-order valence-electron chi connectivity index (χ3n) is 2.89. The lowest BCUT2D eigenvalue weighted by Crippen LogP contribution is -2.23. The summed E-state index contributed by atoms with van der Waals surface area (Å²) in [7, 11) is 1.97. The van der Waals surface area contributed by atoms with Crippen LogP contribution in [0.25, 0.3) is 0 Å². The number of thiocarbonyl (C=S) groups is 1. The molecule has 2 rings (SSSR count). The zero-order valence-corrected chi connectivity index (χ0v) is 11.8. The largest absolute Gasteiger partial charge is 0.389 e. The summed E-state index contributed by atoms with van der Waals surface area (Å²) in [5.74, 6) is 0.802. The zero-order valence-electron chi connectivity index (χ0n) is 11.0. The molecule has 98 valence electrons. The highest BCUT2D eigenvalue weighted by atomic mass is 32.1. The molecule has 0 unspecified atom stereocenters. The Morgan fingerprint density at radius 1 is 1.37 bits per heavy atom. The van der Waals surface area contributed by atoms with Crippen molar-refractivity contribution in [3.8, 4) is 0 Å². The number of pyridine rings is 2. The summed E-state index contributed by atoms with van der Waals surface area (Å²) in [6.45, 7) is 2.69. The van der Waals surface area contributed by atoms with Crippen LogP contribution in [0.15, 0.2) is 36.8 Å². The number of rotatable bonds is 4. The van der Waals surface area contributed by atoms with Gasteiger partial charge >= 0.3 is 0 Å². The molecule has 2 N–H and O–H groups in total. The highest BCUT2D eigenvalue weighted by Gasteiger charge is 2.13. The number of hydrogen-bond donors (Lipinski definition) is 1.